The molecule has 1 aromatic heterocycles. The van der Waals surface area contributed by atoms with Gasteiger partial charge in [0.25, 0.3) is 5.56 Å². The highest BCUT2D eigenvalue weighted by molar-refractivity contribution is 5.87. The minimum absolute atomic E-state index is 0.150. The van der Waals surface area contributed by atoms with Crippen molar-refractivity contribution in [2.75, 3.05) is 0 Å². The second-order valence-electron chi connectivity index (χ2n) is 7.00. The van der Waals surface area contributed by atoms with Crippen molar-refractivity contribution in [3.63, 3.8) is 0 Å². The number of fused-ring (bicyclic) bond motifs is 1. The van der Waals surface area contributed by atoms with Crippen molar-refractivity contribution in [1.82, 2.24) is 4.98 Å². The molecule has 0 aliphatic rings. The van der Waals surface area contributed by atoms with Gasteiger partial charge in [-0.25, -0.2) is 4.39 Å². The Balaban J connectivity index is 1.95. The number of aliphatic hydroxyl groups is 1. The Bertz CT molecular complexity index is 971. The SMILES string of the molecule is CC(C)C(Cc1ccc(-c2ccc3cccc(F)c3c2)[nH]c1=O)C(N)O. The number of halogens is 1. The number of hydrogen-bond donors (Lipinski definition) is 3. The molecule has 136 valence electrons. The number of pyridine rings is 1. The molecule has 0 saturated heterocycles. The number of H-pyrrole nitrogens is 1. The average molecular weight is 354 g/mol. The van der Waals surface area contributed by atoms with Crippen molar-refractivity contribution in [1.29, 1.82) is 0 Å². The Labute approximate surface area is 151 Å². The van der Waals surface area contributed by atoms with Crippen LogP contribution in [0, 0.1) is 17.7 Å². The lowest BCUT2D eigenvalue weighted by molar-refractivity contribution is 0.0869. The molecule has 0 aliphatic heterocycles. The van der Waals surface area contributed by atoms with E-state index in [0.717, 1.165) is 10.9 Å². The summed E-state index contributed by atoms with van der Waals surface area (Å²) in [5, 5.41) is 11.0. The second kappa shape index (κ2) is 7.40. The van der Waals surface area contributed by atoms with Crippen molar-refractivity contribution in [2.24, 2.45) is 17.6 Å². The maximum absolute atomic E-state index is 14.0. The van der Waals surface area contributed by atoms with Gasteiger partial charge in [-0.2, -0.15) is 0 Å². The van der Waals surface area contributed by atoms with E-state index in [1.807, 2.05) is 32.0 Å². The summed E-state index contributed by atoms with van der Waals surface area (Å²) >= 11 is 0. The number of hydrogen-bond acceptors (Lipinski definition) is 3. The minimum Gasteiger partial charge on any atom is -0.379 e. The van der Waals surface area contributed by atoms with E-state index in [0.29, 0.717) is 23.1 Å². The first kappa shape index (κ1) is 18.3. The highest BCUT2D eigenvalue weighted by Crippen LogP contribution is 2.25. The molecular formula is C21H23FN2O2. The Morgan fingerprint density at radius 3 is 2.58 bits per heavy atom. The van der Waals surface area contributed by atoms with E-state index in [1.165, 1.54) is 6.07 Å². The molecule has 2 unspecified atom stereocenters. The summed E-state index contributed by atoms with van der Waals surface area (Å²) in [7, 11) is 0. The van der Waals surface area contributed by atoms with Gasteiger partial charge in [-0.05, 0) is 41.5 Å². The quantitative estimate of drug-likeness (QED) is 0.614. The fourth-order valence-corrected chi connectivity index (χ4v) is 3.24. The number of benzene rings is 2. The fraction of sp³-hybridized carbons (Fsp3) is 0.286. The van der Waals surface area contributed by atoms with Gasteiger partial charge in [0.1, 0.15) is 12.0 Å². The molecule has 0 fully saturated rings. The summed E-state index contributed by atoms with van der Waals surface area (Å²) in [5.41, 5.74) is 7.35. The molecule has 3 rings (SSSR count). The number of nitrogens with one attached hydrogen (secondary N) is 1. The van der Waals surface area contributed by atoms with Crippen LogP contribution in [0.5, 0.6) is 0 Å². The van der Waals surface area contributed by atoms with Crippen molar-refractivity contribution < 1.29 is 9.50 Å². The monoisotopic (exact) mass is 354 g/mol. The largest absolute Gasteiger partial charge is 0.379 e. The first-order valence-electron chi connectivity index (χ1n) is 8.71. The van der Waals surface area contributed by atoms with Crippen molar-refractivity contribution in [2.45, 2.75) is 26.5 Å². The van der Waals surface area contributed by atoms with Gasteiger partial charge in [-0.15, -0.1) is 0 Å². The molecule has 4 nitrogen and oxygen atoms in total. The highest BCUT2D eigenvalue weighted by Gasteiger charge is 2.21. The Morgan fingerprint density at radius 1 is 1.15 bits per heavy atom. The summed E-state index contributed by atoms with van der Waals surface area (Å²) in [6.45, 7) is 3.93. The molecule has 0 amide bonds. The topological polar surface area (TPSA) is 79.1 Å². The van der Waals surface area contributed by atoms with E-state index >= 15 is 0 Å². The van der Waals surface area contributed by atoms with E-state index in [4.69, 9.17) is 5.73 Å². The Hall–Kier alpha value is -2.50. The zero-order valence-electron chi connectivity index (χ0n) is 14.9. The van der Waals surface area contributed by atoms with Crippen LogP contribution in [0.3, 0.4) is 0 Å². The predicted molar refractivity (Wildman–Crippen MR) is 102 cm³/mol. The standard InChI is InChI=1S/C21H23FN2O2/c1-12(2)16(20(23)25)11-15-8-9-19(24-21(15)26)14-7-6-13-4-3-5-18(22)17(13)10-14/h3-10,12,16,20,25H,11,23H2,1-2H3,(H,24,26). The van der Waals surface area contributed by atoms with Crippen molar-refractivity contribution in [3.05, 3.63) is 70.3 Å². The van der Waals surface area contributed by atoms with Crippen LogP contribution in [0.15, 0.2) is 53.3 Å². The lowest BCUT2D eigenvalue weighted by Crippen LogP contribution is -2.35. The highest BCUT2D eigenvalue weighted by atomic mass is 19.1. The van der Waals surface area contributed by atoms with Gasteiger partial charge in [-0.3, -0.25) is 4.79 Å². The van der Waals surface area contributed by atoms with Gasteiger partial charge in [-0.1, -0.05) is 44.2 Å². The molecule has 0 aliphatic carbocycles. The zero-order valence-corrected chi connectivity index (χ0v) is 14.9. The third-order valence-corrected chi connectivity index (χ3v) is 4.88. The number of rotatable bonds is 5. The molecule has 1 heterocycles. The van der Waals surface area contributed by atoms with E-state index in [9.17, 15) is 14.3 Å². The Morgan fingerprint density at radius 2 is 1.92 bits per heavy atom. The smallest absolute Gasteiger partial charge is 0.251 e. The summed E-state index contributed by atoms with van der Waals surface area (Å²) in [6.07, 6.45) is -0.574. The average Bonchev–Trinajstić information content (AvgIpc) is 2.60. The molecule has 0 bridgehead atoms. The van der Waals surface area contributed by atoms with E-state index in [2.05, 4.69) is 4.98 Å². The number of aromatic amines is 1. The lowest BCUT2D eigenvalue weighted by atomic mass is 9.88. The van der Waals surface area contributed by atoms with Crippen LogP contribution in [0.25, 0.3) is 22.0 Å². The second-order valence-corrected chi connectivity index (χ2v) is 7.00. The van der Waals surface area contributed by atoms with Gasteiger partial charge < -0.3 is 15.8 Å². The molecule has 0 saturated carbocycles. The number of aromatic nitrogens is 1. The van der Waals surface area contributed by atoms with Gasteiger partial charge >= 0.3 is 0 Å². The van der Waals surface area contributed by atoms with Crippen LogP contribution in [-0.4, -0.2) is 16.3 Å². The van der Waals surface area contributed by atoms with Gasteiger partial charge in [0, 0.05) is 22.6 Å². The first-order chi connectivity index (χ1) is 12.4. The van der Waals surface area contributed by atoms with E-state index < -0.39 is 6.23 Å². The summed E-state index contributed by atoms with van der Waals surface area (Å²) in [6, 6.07) is 13.9. The zero-order chi connectivity index (χ0) is 18.8. The van der Waals surface area contributed by atoms with Gasteiger partial charge in [0.2, 0.25) is 0 Å². The van der Waals surface area contributed by atoms with Crippen LogP contribution in [0.4, 0.5) is 4.39 Å². The summed E-state index contributed by atoms with van der Waals surface area (Å²) in [4.78, 5) is 15.3. The van der Waals surface area contributed by atoms with Crippen LogP contribution in [-0.2, 0) is 6.42 Å². The summed E-state index contributed by atoms with van der Waals surface area (Å²) < 4.78 is 14.0. The van der Waals surface area contributed by atoms with Crippen molar-refractivity contribution >= 4 is 10.8 Å². The minimum atomic E-state index is -0.975. The molecule has 0 radical (unpaired) electrons. The third-order valence-electron chi connectivity index (χ3n) is 4.88. The van der Waals surface area contributed by atoms with E-state index in [1.54, 1.807) is 24.3 Å². The third kappa shape index (κ3) is 3.69. The molecule has 2 atom stereocenters. The maximum Gasteiger partial charge on any atom is 0.251 e. The molecule has 26 heavy (non-hydrogen) atoms. The van der Waals surface area contributed by atoms with Crippen LogP contribution >= 0.6 is 0 Å². The van der Waals surface area contributed by atoms with Gasteiger partial charge in [0.15, 0.2) is 0 Å². The molecular weight excluding hydrogens is 331 g/mol. The fourth-order valence-electron chi connectivity index (χ4n) is 3.24. The lowest BCUT2D eigenvalue weighted by Gasteiger charge is -2.23. The first-order valence-corrected chi connectivity index (χ1v) is 8.71. The molecule has 2 aromatic carbocycles. The van der Waals surface area contributed by atoms with Crippen molar-refractivity contribution in [3.8, 4) is 11.3 Å². The Kier molecular flexibility index (Phi) is 5.20. The van der Waals surface area contributed by atoms with Crippen LogP contribution < -0.4 is 11.3 Å². The molecule has 4 N–H and O–H groups in total. The van der Waals surface area contributed by atoms with Crippen LogP contribution in [0.1, 0.15) is 19.4 Å². The number of aliphatic hydroxyl groups excluding tert-OH is 1. The molecule has 3 aromatic rings. The normalized spacial score (nSPS) is 13.9. The molecule has 5 heteroatoms. The van der Waals surface area contributed by atoms with Crippen LogP contribution in [0.2, 0.25) is 0 Å². The van der Waals surface area contributed by atoms with E-state index in [-0.39, 0.29) is 23.2 Å². The maximum atomic E-state index is 14.0. The predicted octanol–water partition coefficient (Wildman–Crippen LogP) is 3.43. The van der Waals surface area contributed by atoms with Gasteiger partial charge in [0.05, 0.1) is 0 Å². The number of nitrogens with two attached hydrogens (primary N) is 1. The molecule has 0 spiro atoms. The summed E-state index contributed by atoms with van der Waals surface area (Å²) in [5.74, 6) is -0.339.